The van der Waals surface area contributed by atoms with E-state index in [0.29, 0.717) is 29.1 Å². The first kappa shape index (κ1) is 18.5. The Bertz CT molecular complexity index is 875. The first-order chi connectivity index (χ1) is 12.5. The van der Waals surface area contributed by atoms with E-state index >= 15 is 0 Å². The lowest BCUT2D eigenvalue weighted by Crippen LogP contribution is -2.25. The summed E-state index contributed by atoms with van der Waals surface area (Å²) >= 11 is 6.05. The van der Waals surface area contributed by atoms with Crippen molar-refractivity contribution in [3.05, 3.63) is 69.0 Å². The summed E-state index contributed by atoms with van der Waals surface area (Å²) in [5.41, 5.74) is 5.26. The quantitative estimate of drug-likeness (QED) is 0.674. The number of amides is 1. The third-order valence-electron chi connectivity index (χ3n) is 4.72. The molecule has 0 bridgehead atoms. The van der Waals surface area contributed by atoms with Crippen LogP contribution < -0.4 is 5.32 Å². The second-order valence-corrected chi connectivity index (χ2v) is 7.12. The molecule has 2 heterocycles. The van der Waals surface area contributed by atoms with Gasteiger partial charge in [-0.1, -0.05) is 23.8 Å². The topological polar surface area (TPSA) is 62.2 Å². The molecule has 0 unspecified atom stereocenters. The molecule has 136 valence electrons. The molecule has 0 radical (unpaired) electrons. The molecule has 1 amide bonds. The highest BCUT2D eigenvalue weighted by Crippen LogP contribution is 2.28. The number of hydrogen-bond acceptors (Lipinski definition) is 3. The van der Waals surface area contributed by atoms with Crippen LogP contribution in [0.1, 0.15) is 51.3 Å². The Balaban J connectivity index is 2.01. The fourth-order valence-corrected chi connectivity index (χ4v) is 3.65. The Morgan fingerprint density at radius 1 is 1.15 bits per heavy atom. The van der Waals surface area contributed by atoms with Crippen molar-refractivity contribution in [2.75, 3.05) is 0 Å². The predicted molar refractivity (Wildman–Crippen MR) is 104 cm³/mol. The van der Waals surface area contributed by atoms with Gasteiger partial charge >= 0.3 is 0 Å². The number of aryl methyl sites for hydroxylation is 3. The zero-order valence-corrected chi connectivity index (χ0v) is 15.9. The number of fused-ring (bicyclic) bond motifs is 2. The van der Waals surface area contributed by atoms with Crippen molar-refractivity contribution in [3.63, 3.8) is 0 Å². The largest absolute Gasteiger partial charge is 0.508 e. The van der Waals surface area contributed by atoms with Crippen LogP contribution >= 0.6 is 11.6 Å². The molecule has 3 rings (SSSR count). The van der Waals surface area contributed by atoms with E-state index in [2.05, 4.69) is 22.4 Å². The van der Waals surface area contributed by atoms with Gasteiger partial charge in [0.05, 0.1) is 0 Å². The summed E-state index contributed by atoms with van der Waals surface area (Å²) in [6.45, 7) is 4.38. The van der Waals surface area contributed by atoms with Crippen LogP contribution in [0, 0.1) is 13.8 Å². The lowest BCUT2D eigenvalue weighted by atomic mass is 10.00. The summed E-state index contributed by atoms with van der Waals surface area (Å²) in [5.74, 6) is -0.188. The van der Waals surface area contributed by atoms with Gasteiger partial charge in [0.1, 0.15) is 5.75 Å². The summed E-state index contributed by atoms with van der Waals surface area (Å²) < 4.78 is 0. The van der Waals surface area contributed by atoms with Crippen LogP contribution in [-0.4, -0.2) is 16.0 Å². The van der Waals surface area contributed by atoms with E-state index in [1.165, 1.54) is 11.6 Å². The molecule has 0 saturated carbocycles. The van der Waals surface area contributed by atoms with E-state index in [0.717, 1.165) is 36.2 Å². The molecule has 0 fully saturated rings. The first-order valence-electron chi connectivity index (χ1n) is 8.86. The van der Waals surface area contributed by atoms with Gasteiger partial charge in [-0.05, 0) is 68.9 Å². The highest BCUT2D eigenvalue weighted by Gasteiger charge is 2.17. The van der Waals surface area contributed by atoms with Gasteiger partial charge in [0.15, 0.2) is 0 Å². The number of phenolic OH excluding ortho intramolecular Hbond substituents is 1. The van der Waals surface area contributed by atoms with Crippen molar-refractivity contribution in [1.82, 2.24) is 10.3 Å². The van der Waals surface area contributed by atoms with E-state index in [1.54, 1.807) is 6.07 Å². The second-order valence-electron chi connectivity index (χ2n) is 6.69. The van der Waals surface area contributed by atoms with Crippen LogP contribution in [0.3, 0.4) is 0 Å². The molecule has 26 heavy (non-hydrogen) atoms. The number of carbonyl (C=O) groups excluding carboxylic acids is 1. The van der Waals surface area contributed by atoms with E-state index in [-0.39, 0.29) is 11.7 Å². The van der Waals surface area contributed by atoms with Crippen molar-refractivity contribution in [2.45, 2.75) is 46.1 Å². The minimum Gasteiger partial charge on any atom is -0.508 e. The zero-order valence-electron chi connectivity index (χ0n) is 15.1. The molecule has 0 atom stereocenters. The van der Waals surface area contributed by atoms with E-state index in [9.17, 15) is 9.90 Å². The maximum absolute atomic E-state index is 12.8. The number of phenols is 1. The Labute approximate surface area is 158 Å². The molecule has 0 saturated heterocycles. The number of nitrogens with one attached hydrogen (secondary N) is 1. The Hall–Kier alpha value is -2.33. The molecule has 1 aromatic carbocycles. The Morgan fingerprint density at radius 2 is 1.96 bits per heavy atom. The molecule has 1 aliphatic heterocycles. The van der Waals surface area contributed by atoms with Gasteiger partial charge in [-0.2, -0.15) is 0 Å². The highest BCUT2D eigenvalue weighted by atomic mass is 35.5. The van der Waals surface area contributed by atoms with Crippen LogP contribution in [0.2, 0.25) is 5.02 Å². The van der Waals surface area contributed by atoms with Gasteiger partial charge in [-0.25, -0.2) is 0 Å². The van der Waals surface area contributed by atoms with Gasteiger partial charge in [-0.15, -0.1) is 0 Å². The predicted octanol–water partition coefficient (Wildman–Crippen LogP) is 4.42. The van der Waals surface area contributed by atoms with Gasteiger partial charge in [-0.3, -0.25) is 9.78 Å². The van der Waals surface area contributed by atoms with Crippen LogP contribution in [0.25, 0.3) is 0 Å². The number of hydrogen-bond donors (Lipinski definition) is 2. The fourth-order valence-electron chi connectivity index (χ4n) is 3.43. The van der Waals surface area contributed by atoms with Crippen molar-refractivity contribution in [1.29, 1.82) is 0 Å². The molecule has 2 aromatic rings. The van der Waals surface area contributed by atoms with Gasteiger partial charge < -0.3 is 10.4 Å². The fraction of sp³-hybridized carbons (Fsp3) is 0.333. The van der Waals surface area contributed by atoms with Gasteiger partial charge in [0, 0.05) is 34.1 Å². The van der Waals surface area contributed by atoms with E-state index < -0.39 is 0 Å². The molecular weight excluding hydrogens is 348 g/mol. The van der Waals surface area contributed by atoms with Crippen LogP contribution in [0.4, 0.5) is 0 Å². The SMILES string of the molecule is Cc1cc2c(c(C)n1)CNC(=O)c1cc(Cl)cc(O)c1C/C=C/CCC2. The average Bonchev–Trinajstić information content (AvgIpc) is 2.58. The number of halogens is 1. The third kappa shape index (κ3) is 4.07. The Morgan fingerprint density at radius 3 is 2.77 bits per heavy atom. The molecule has 1 aliphatic rings. The summed E-state index contributed by atoms with van der Waals surface area (Å²) in [6, 6.07) is 5.20. The van der Waals surface area contributed by atoms with Crippen LogP contribution in [-0.2, 0) is 19.4 Å². The molecular formula is C21H23ClN2O2. The molecule has 4 nitrogen and oxygen atoms in total. The minimum atomic E-state index is -0.239. The maximum atomic E-state index is 12.8. The lowest BCUT2D eigenvalue weighted by Gasteiger charge is -2.15. The minimum absolute atomic E-state index is 0.0519. The van der Waals surface area contributed by atoms with Crippen molar-refractivity contribution >= 4 is 17.5 Å². The Kier molecular flexibility index (Phi) is 5.62. The third-order valence-corrected chi connectivity index (χ3v) is 4.94. The molecule has 0 aliphatic carbocycles. The first-order valence-corrected chi connectivity index (χ1v) is 9.24. The van der Waals surface area contributed by atoms with Crippen molar-refractivity contribution in [2.24, 2.45) is 0 Å². The number of nitrogens with zero attached hydrogens (tertiary/aromatic N) is 1. The number of benzene rings is 1. The maximum Gasteiger partial charge on any atom is 0.252 e. The number of pyridine rings is 1. The second kappa shape index (κ2) is 7.92. The lowest BCUT2D eigenvalue weighted by molar-refractivity contribution is 0.0949. The van der Waals surface area contributed by atoms with Crippen LogP contribution in [0.5, 0.6) is 5.75 Å². The molecule has 0 spiro atoms. The zero-order chi connectivity index (χ0) is 18.7. The number of allylic oxidation sites excluding steroid dienone is 2. The van der Waals surface area contributed by atoms with Crippen molar-refractivity contribution < 1.29 is 9.90 Å². The number of aromatic nitrogens is 1. The summed E-state index contributed by atoms with van der Waals surface area (Å²) in [4.78, 5) is 17.3. The summed E-state index contributed by atoms with van der Waals surface area (Å²) in [6.07, 6.45) is 7.53. The number of carbonyl (C=O) groups is 1. The number of rotatable bonds is 0. The van der Waals surface area contributed by atoms with E-state index in [4.69, 9.17) is 11.6 Å². The standard InChI is InChI=1S/C21H23ClN2O2/c1-13-9-15-7-5-3-4-6-8-17-18(10-16(22)11-20(17)25)21(26)23-12-19(15)14(2)24-13/h4,6,9-11,25H,3,5,7-8,12H2,1-2H3,(H,23,26)/b6-4+. The smallest absolute Gasteiger partial charge is 0.252 e. The number of aromatic hydroxyl groups is 1. The van der Waals surface area contributed by atoms with Gasteiger partial charge in [0.2, 0.25) is 0 Å². The van der Waals surface area contributed by atoms with Crippen LogP contribution in [0.15, 0.2) is 30.4 Å². The molecule has 5 heteroatoms. The van der Waals surface area contributed by atoms with E-state index in [1.807, 2.05) is 19.9 Å². The summed E-state index contributed by atoms with van der Waals surface area (Å²) in [5, 5.41) is 13.6. The molecule has 2 N–H and O–H groups in total. The van der Waals surface area contributed by atoms with Crippen molar-refractivity contribution in [3.8, 4) is 5.75 Å². The average molecular weight is 371 g/mol. The summed E-state index contributed by atoms with van der Waals surface area (Å²) in [7, 11) is 0. The molecule has 1 aromatic heterocycles. The monoisotopic (exact) mass is 370 g/mol. The van der Waals surface area contributed by atoms with Gasteiger partial charge in [0.25, 0.3) is 5.91 Å². The highest BCUT2D eigenvalue weighted by molar-refractivity contribution is 6.31. The normalized spacial score (nSPS) is 16.3.